The van der Waals surface area contributed by atoms with Crippen molar-refractivity contribution < 1.29 is 9.18 Å². The maximum absolute atomic E-state index is 13.8. The highest BCUT2D eigenvalue weighted by molar-refractivity contribution is 6.33. The topological polar surface area (TPSA) is 93.2 Å². The van der Waals surface area contributed by atoms with Gasteiger partial charge in [-0.3, -0.25) is 4.79 Å². The smallest absolute Gasteiger partial charge is 0.242 e. The third-order valence-electron chi connectivity index (χ3n) is 2.37. The van der Waals surface area contributed by atoms with Gasteiger partial charge in [-0.15, -0.1) is 0 Å². The number of nitrogens with two attached hydrogens (primary N) is 2. The van der Waals surface area contributed by atoms with Crippen LogP contribution in [-0.4, -0.2) is 18.5 Å². The summed E-state index contributed by atoms with van der Waals surface area (Å²) in [5, 5.41) is 5.07. The number of amides is 1. The molecule has 0 aliphatic carbocycles. The van der Waals surface area contributed by atoms with Crippen molar-refractivity contribution in [3.8, 4) is 0 Å². The molecule has 5 nitrogen and oxygen atoms in total. The predicted molar refractivity (Wildman–Crippen MR) is 72.0 cm³/mol. The molecule has 100 valence electrons. The second-order valence-electron chi connectivity index (χ2n) is 3.82. The van der Waals surface area contributed by atoms with Crippen LogP contribution in [0.1, 0.15) is 13.8 Å². The lowest BCUT2D eigenvalue weighted by atomic mass is 10.2. The summed E-state index contributed by atoms with van der Waals surface area (Å²) in [5.74, 6) is -1.02. The number of carbonyl (C=O) groups excluding carboxylic acids is 1. The van der Waals surface area contributed by atoms with Crippen LogP contribution in [0, 0.1) is 5.82 Å². The maximum atomic E-state index is 13.8. The molecule has 1 aromatic rings. The van der Waals surface area contributed by atoms with Crippen LogP contribution >= 0.6 is 11.6 Å². The van der Waals surface area contributed by atoms with Gasteiger partial charge in [0.25, 0.3) is 0 Å². The lowest BCUT2D eigenvalue weighted by Gasteiger charge is -2.17. The molecule has 0 aliphatic rings. The van der Waals surface area contributed by atoms with Crippen molar-refractivity contribution in [1.29, 1.82) is 0 Å². The Morgan fingerprint density at radius 1 is 1.50 bits per heavy atom. The minimum Gasteiger partial charge on any atom is -0.397 e. The first-order valence-corrected chi connectivity index (χ1v) is 5.83. The summed E-state index contributed by atoms with van der Waals surface area (Å²) in [6, 6.07) is 0.708. The number of likely N-dealkylation sites (N-methyl/N-ethyl adjacent to an activating group) is 1. The van der Waals surface area contributed by atoms with Gasteiger partial charge < -0.3 is 22.1 Å². The van der Waals surface area contributed by atoms with Crippen LogP contribution < -0.4 is 22.1 Å². The van der Waals surface area contributed by atoms with Crippen LogP contribution in [-0.2, 0) is 4.79 Å². The summed E-state index contributed by atoms with van der Waals surface area (Å²) in [5.41, 5.74) is 11.3. The zero-order chi connectivity index (χ0) is 13.9. The van der Waals surface area contributed by atoms with Gasteiger partial charge in [0, 0.05) is 6.54 Å². The molecule has 1 aromatic carbocycles. The molecule has 0 saturated carbocycles. The van der Waals surface area contributed by atoms with Crippen molar-refractivity contribution in [3.05, 3.63) is 16.9 Å². The van der Waals surface area contributed by atoms with E-state index in [0.717, 1.165) is 0 Å². The van der Waals surface area contributed by atoms with Gasteiger partial charge >= 0.3 is 0 Å². The Bertz CT molecular complexity index is 467. The van der Waals surface area contributed by atoms with E-state index < -0.39 is 11.9 Å². The van der Waals surface area contributed by atoms with Gasteiger partial charge in [0.15, 0.2) is 5.82 Å². The number of nitrogens with one attached hydrogen (secondary N) is 2. The van der Waals surface area contributed by atoms with Crippen LogP contribution in [0.2, 0.25) is 5.02 Å². The SMILES string of the molecule is CCNC(=O)C(C)Nc1c(N)cc(N)c(Cl)c1F. The number of anilines is 3. The second-order valence-corrected chi connectivity index (χ2v) is 4.20. The highest BCUT2D eigenvalue weighted by Gasteiger charge is 2.18. The van der Waals surface area contributed by atoms with Gasteiger partial charge in [0.2, 0.25) is 5.91 Å². The summed E-state index contributed by atoms with van der Waals surface area (Å²) < 4.78 is 13.8. The van der Waals surface area contributed by atoms with Crippen LogP contribution in [0.5, 0.6) is 0 Å². The summed E-state index contributed by atoms with van der Waals surface area (Å²) in [6.45, 7) is 3.87. The van der Waals surface area contributed by atoms with E-state index in [2.05, 4.69) is 10.6 Å². The molecule has 6 N–H and O–H groups in total. The number of nitrogen functional groups attached to an aromatic ring is 2. The fraction of sp³-hybridized carbons (Fsp3) is 0.364. The van der Waals surface area contributed by atoms with Crippen LogP contribution in [0.4, 0.5) is 21.5 Å². The average molecular weight is 275 g/mol. The van der Waals surface area contributed by atoms with Crippen LogP contribution in [0.25, 0.3) is 0 Å². The van der Waals surface area contributed by atoms with Gasteiger partial charge in [-0.25, -0.2) is 4.39 Å². The van der Waals surface area contributed by atoms with Crippen molar-refractivity contribution in [2.45, 2.75) is 19.9 Å². The molecule has 1 rings (SSSR count). The zero-order valence-electron chi connectivity index (χ0n) is 10.2. The summed E-state index contributed by atoms with van der Waals surface area (Å²) in [4.78, 5) is 11.5. The number of halogens is 2. The number of carbonyl (C=O) groups is 1. The van der Waals surface area contributed by atoms with Gasteiger partial charge in [-0.2, -0.15) is 0 Å². The van der Waals surface area contributed by atoms with Gasteiger partial charge in [0.05, 0.1) is 17.1 Å². The van der Waals surface area contributed by atoms with Gasteiger partial charge in [-0.1, -0.05) is 11.6 Å². The van der Waals surface area contributed by atoms with E-state index in [0.29, 0.717) is 6.54 Å². The zero-order valence-corrected chi connectivity index (χ0v) is 10.9. The number of hydrogen-bond acceptors (Lipinski definition) is 4. The molecular formula is C11H16ClFN4O. The molecule has 0 radical (unpaired) electrons. The van der Waals surface area contributed by atoms with Gasteiger partial charge in [0.1, 0.15) is 11.1 Å². The Morgan fingerprint density at radius 3 is 2.67 bits per heavy atom. The minimum absolute atomic E-state index is 0.0204. The molecular weight excluding hydrogens is 259 g/mol. The lowest BCUT2D eigenvalue weighted by Crippen LogP contribution is -2.37. The molecule has 1 unspecified atom stereocenters. The van der Waals surface area contributed by atoms with Crippen LogP contribution in [0.3, 0.4) is 0 Å². The molecule has 7 heteroatoms. The normalized spacial score (nSPS) is 12.0. The Labute approximate surface area is 110 Å². The summed E-state index contributed by atoms with van der Waals surface area (Å²) in [7, 11) is 0. The first kappa shape index (κ1) is 14.4. The highest BCUT2D eigenvalue weighted by Crippen LogP contribution is 2.33. The molecule has 1 amide bonds. The number of benzene rings is 1. The monoisotopic (exact) mass is 274 g/mol. The van der Waals surface area contributed by atoms with Gasteiger partial charge in [-0.05, 0) is 19.9 Å². The Balaban J connectivity index is 2.98. The molecule has 0 saturated heterocycles. The molecule has 0 fully saturated rings. The average Bonchev–Trinajstić information content (AvgIpc) is 2.32. The molecule has 0 heterocycles. The van der Waals surface area contributed by atoms with Crippen molar-refractivity contribution in [1.82, 2.24) is 5.32 Å². The first-order chi connectivity index (χ1) is 8.38. The Hall–Kier alpha value is -1.69. The van der Waals surface area contributed by atoms with E-state index in [1.807, 2.05) is 0 Å². The molecule has 0 aromatic heterocycles. The third kappa shape index (κ3) is 2.95. The molecule has 0 spiro atoms. The third-order valence-corrected chi connectivity index (χ3v) is 2.75. The van der Waals surface area contributed by atoms with Crippen molar-refractivity contribution in [3.63, 3.8) is 0 Å². The molecule has 0 aliphatic heterocycles. The fourth-order valence-corrected chi connectivity index (χ4v) is 1.57. The van der Waals surface area contributed by atoms with Crippen molar-refractivity contribution in [2.24, 2.45) is 0 Å². The van der Waals surface area contributed by atoms with Crippen molar-refractivity contribution >= 4 is 34.6 Å². The van der Waals surface area contributed by atoms with E-state index in [1.54, 1.807) is 13.8 Å². The quantitative estimate of drug-likeness (QED) is 0.627. The standard InChI is InChI=1S/C11H16ClFN4O/c1-3-16-11(18)5(2)17-10-7(15)4-6(14)8(12)9(10)13/h4-5,17H,3,14-15H2,1-2H3,(H,16,18). The van der Waals surface area contributed by atoms with Crippen LogP contribution in [0.15, 0.2) is 6.07 Å². The first-order valence-electron chi connectivity index (χ1n) is 5.45. The fourth-order valence-electron chi connectivity index (χ4n) is 1.42. The van der Waals surface area contributed by atoms with E-state index in [1.165, 1.54) is 6.07 Å². The largest absolute Gasteiger partial charge is 0.397 e. The van der Waals surface area contributed by atoms with E-state index >= 15 is 0 Å². The molecule has 1 atom stereocenters. The second kappa shape index (κ2) is 5.77. The van der Waals surface area contributed by atoms with E-state index in [9.17, 15) is 9.18 Å². The summed E-state index contributed by atoms with van der Waals surface area (Å²) >= 11 is 5.68. The van der Waals surface area contributed by atoms with E-state index in [4.69, 9.17) is 23.1 Å². The summed E-state index contributed by atoms with van der Waals surface area (Å²) in [6.07, 6.45) is 0. The predicted octanol–water partition coefficient (Wildman–Crippen LogP) is 1.58. The van der Waals surface area contributed by atoms with Crippen molar-refractivity contribution in [2.75, 3.05) is 23.3 Å². The Morgan fingerprint density at radius 2 is 2.11 bits per heavy atom. The van der Waals surface area contributed by atoms with E-state index in [-0.39, 0.29) is 28.0 Å². The highest BCUT2D eigenvalue weighted by atomic mass is 35.5. The minimum atomic E-state index is -0.759. The lowest BCUT2D eigenvalue weighted by molar-refractivity contribution is -0.121. The maximum Gasteiger partial charge on any atom is 0.242 e. The molecule has 18 heavy (non-hydrogen) atoms. The molecule has 0 bridgehead atoms. The number of hydrogen-bond donors (Lipinski definition) is 4. The number of rotatable bonds is 4. The Kier molecular flexibility index (Phi) is 4.61.